The summed E-state index contributed by atoms with van der Waals surface area (Å²) in [6.07, 6.45) is 0. The lowest BCUT2D eigenvalue weighted by Gasteiger charge is -2.08. The second kappa shape index (κ2) is 5.89. The van der Waals surface area contributed by atoms with Crippen molar-refractivity contribution >= 4 is 27.5 Å². The lowest BCUT2D eigenvalue weighted by atomic mass is 10.1. The van der Waals surface area contributed by atoms with Crippen LogP contribution in [-0.2, 0) is 6.54 Å². The Bertz CT molecular complexity index is 594. The number of benzene rings is 2. The zero-order valence-electron chi connectivity index (χ0n) is 10.6. The summed E-state index contributed by atoms with van der Waals surface area (Å²) >= 11 is 3.44. The molecule has 2 rings (SSSR count). The Morgan fingerprint density at radius 1 is 1.21 bits per heavy atom. The van der Waals surface area contributed by atoms with E-state index < -0.39 is 0 Å². The monoisotopic (exact) mass is 318 g/mol. The molecule has 0 aliphatic carbocycles. The van der Waals surface area contributed by atoms with Crippen molar-refractivity contribution in [3.63, 3.8) is 0 Å². The Hall–Kier alpha value is -1.81. The van der Waals surface area contributed by atoms with E-state index in [0.717, 1.165) is 21.3 Å². The zero-order chi connectivity index (χ0) is 13.8. The van der Waals surface area contributed by atoms with Crippen molar-refractivity contribution in [3.05, 3.63) is 63.6 Å². The van der Waals surface area contributed by atoms with Crippen LogP contribution >= 0.6 is 15.9 Å². The number of hydrogen-bond acceptors (Lipinski definition) is 2. The minimum absolute atomic E-state index is 0.0904. The van der Waals surface area contributed by atoms with Crippen LogP contribution in [0.5, 0.6) is 0 Å². The van der Waals surface area contributed by atoms with Gasteiger partial charge in [0.25, 0.3) is 5.91 Å². The summed E-state index contributed by atoms with van der Waals surface area (Å²) in [6.45, 7) is 2.44. The van der Waals surface area contributed by atoms with E-state index in [9.17, 15) is 4.79 Å². The normalized spacial score (nSPS) is 10.2. The molecule has 0 heterocycles. The number of nitrogen functional groups attached to an aromatic ring is 1. The number of nitrogens with two attached hydrogens (primary N) is 1. The fourth-order valence-electron chi connectivity index (χ4n) is 1.74. The average molecular weight is 319 g/mol. The first-order chi connectivity index (χ1) is 9.08. The van der Waals surface area contributed by atoms with Gasteiger partial charge in [-0.1, -0.05) is 24.3 Å². The van der Waals surface area contributed by atoms with E-state index in [1.807, 2.05) is 43.3 Å². The van der Waals surface area contributed by atoms with Gasteiger partial charge in [-0.3, -0.25) is 4.79 Å². The number of carbonyl (C=O) groups excluding carboxylic acids is 1. The van der Waals surface area contributed by atoms with Crippen LogP contribution in [0, 0.1) is 6.92 Å². The molecule has 0 spiro atoms. The van der Waals surface area contributed by atoms with Gasteiger partial charge in [-0.25, -0.2) is 0 Å². The number of amides is 1. The van der Waals surface area contributed by atoms with E-state index >= 15 is 0 Å². The molecule has 0 atom stereocenters. The molecule has 0 saturated heterocycles. The van der Waals surface area contributed by atoms with Crippen LogP contribution in [0.2, 0.25) is 0 Å². The van der Waals surface area contributed by atoms with Gasteiger partial charge in [0.05, 0.1) is 5.56 Å². The molecule has 0 aromatic heterocycles. The summed E-state index contributed by atoms with van der Waals surface area (Å²) in [6, 6.07) is 13.1. The highest BCUT2D eigenvalue weighted by Gasteiger charge is 2.10. The number of halogens is 1. The van der Waals surface area contributed by atoms with Crippen molar-refractivity contribution in [3.8, 4) is 0 Å². The van der Waals surface area contributed by atoms with Gasteiger partial charge in [0.2, 0.25) is 0 Å². The SMILES string of the molecule is Cc1cccc(C(=O)NCc2ccc(N)cc2)c1Br. The molecule has 0 fully saturated rings. The minimum atomic E-state index is -0.0904. The van der Waals surface area contributed by atoms with Gasteiger partial charge in [0.15, 0.2) is 0 Å². The Morgan fingerprint density at radius 3 is 2.58 bits per heavy atom. The first kappa shape index (κ1) is 13.6. The lowest BCUT2D eigenvalue weighted by molar-refractivity contribution is 0.0950. The highest BCUT2D eigenvalue weighted by molar-refractivity contribution is 9.10. The van der Waals surface area contributed by atoms with Crippen molar-refractivity contribution in [1.29, 1.82) is 0 Å². The average Bonchev–Trinajstić information content (AvgIpc) is 2.41. The molecule has 19 heavy (non-hydrogen) atoms. The number of aryl methyl sites for hydroxylation is 1. The smallest absolute Gasteiger partial charge is 0.252 e. The lowest BCUT2D eigenvalue weighted by Crippen LogP contribution is -2.23. The minimum Gasteiger partial charge on any atom is -0.399 e. The van der Waals surface area contributed by atoms with E-state index in [4.69, 9.17) is 5.73 Å². The molecule has 0 aliphatic rings. The summed E-state index contributed by atoms with van der Waals surface area (Å²) in [5, 5.41) is 2.89. The van der Waals surface area contributed by atoms with Crippen molar-refractivity contribution in [2.24, 2.45) is 0 Å². The van der Waals surface area contributed by atoms with Crippen LogP contribution in [0.3, 0.4) is 0 Å². The largest absolute Gasteiger partial charge is 0.399 e. The van der Waals surface area contributed by atoms with E-state index in [2.05, 4.69) is 21.2 Å². The number of anilines is 1. The fraction of sp³-hybridized carbons (Fsp3) is 0.133. The molecule has 2 aromatic rings. The van der Waals surface area contributed by atoms with Crippen molar-refractivity contribution in [2.45, 2.75) is 13.5 Å². The van der Waals surface area contributed by atoms with Crippen LogP contribution in [-0.4, -0.2) is 5.91 Å². The maximum absolute atomic E-state index is 12.1. The predicted molar refractivity (Wildman–Crippen MR) is 80.9 cm³/mol. The molecule has 0 aliphatic heterocycles. The van der Waals surface area contributed by atoms with Gasteiger partial charge in [0, 0.05) is 16.7 Å². The van der Waals surface area contributed by atoms with E-state index in [0.29, 0.717) is 12.1 Å². The van der Waals surface area contributed by atoms with Gasteiger partial charge >= 0.3 is 0 Å². The van der Waals surface area contributed by atoms with Crippen molar-refractivity contribution in [2.75, 3.05) is 5.73 Å². The zero-order valence-corrected chi connectivity index (χ0v) is 12.2. The highest BCUT2D eigenvalue weighted by Crippen LogP contribution is 2.20. The topological polar surface area (TPSA) is 55.1 Å². The Balaban J connectivity index is 2.05. The van der Waals surface area contributed by atoms with Crippen LogP contribution in [0.25, 0.3) is 0 Å². The first-order valence-corrected chi connectivity index (χ1v) is 6.75. The molecule has 2 aromatic carbocycles. The molecule has 0 radical (unpaired) electrons. The quantitative estimate of drug-likeness (QED) is 0.853. The predicted octanol–water partition coefficient (Wildman–Crippen LogP) is 3.27. The molecule has 3 nitrogen and oxygen atoms in total. The van der Waals surface area contributed by atoms with Crippen LogP contribution < -0.4 is 11.1 Å². The van der Waals surface area contributed by atoms with Crippen LogP contribution in [0.1, 0.15) is 21.5 Å². The molecule has 0 saturated carbocycles. The second-order valence-corrected chi connectivity index (χ2v) is 5.15. The summed E-state index contributed by atoms with van der Waals surface area (Å²) in [7, 11) is 0. The maximum atomic E-state index is 12.1. The molecule has 98 valence electrons. The third-order valence-corrected chi connectivity index (χ3v) is 3.92. The number of rotatable bonds is 3. The summed E-state index contributed by atoms with van der Waals surface area (Å²) < 4.78 is 0.838. The highest BCUT2D eigenvalue weighted by atomic mass is 79.9. The van der Waals surface area contributed by atoms with Gasteiger partial charge in [-0.15, -0.1) is 0 Å². The number of nitrogens with one attached hydrogen (secondary N) is 1. The van der Waals surface area contributed by atoms with Gasteiger partial charge in [0.1, 0.15) is 0 Å². The van der Waals surface area contributed by atoms with E-state index in [1.165, 1.54) is 0 Å². The molecule has 0 bridgehead atoms. The summed E-state index contributed by atoms with van der Waals surface area (Å²) in [5.74, 6) is -0.0904. The molecule has 4 heteroatoms. The maximum Gasteiger partial charge on any atom is 0.252 e. The Kier molecular flexibility index (Phi) is 4.22. The number of hydrogen-bond donors (Lipinski definition) is 2. The summed E-state index contributed by atoms with van der Waals surface area (Å²) in [4.78, 5) is 12.1. The van der Waals surface area contributed by atoms with Crippen molar-refractivity contribution < 1.29 is 4.79 Å². The van der Waals surface area contributed by atoms with Crippen LogP contribution in [0.15, 0.2) is 46.9 Å². The molecule has 0 unspecified atom stereocenters. The van der Waals surface area contributed by atoms with Crippen molar-refractivity contribution in [1.82, 2.24) is 5.32 Å². The summed E-state index contributed by atoms with van der Waals surface area (Å²) in [5.41, 5.74) is 9.05. The van der Waals surface area contributed by atoms with E-state index in [1.54, 1.807) is 6.07 Å². The molecule has 3 N–H and O–H groups in total. The number of carbonyl (C=O) groups is 1. The Labute approximate surface area is 121 Å². The standard InChI is InChI=1S/C15H15BrN2O/c1-10-3-2-4-13(14(10)16)15(19)18-9-11-5-7-12(17)8-6-11/h2-8H,9,17H2,1H3,(H,18,19). The van der Waals surface area contributed by atoms with Gasteiger partial charge in [-0.05, 0) is 52.2 Å². The third kappa shape index (κ3) is 3.35. The van der Waals surface area contributed by atoms with E-state index in [-0.39, 0.29) is 5.91 Å². The molecular formula is C15H15BrN2O. The Morgan fingerprint density at radius 2 is 1.89 bits per heavy atom. The third-order valence-electron chi connectivity index (χ3n) is 2.87. The molecule has 1 amide bonds. The van der Waals surface area contributed by atoms with Gasteiger partial charge in [-0.2, -0.15) is 0 Å². The second-order valence-electron chi connectivity index (χ2n) is 4.36. The fourth-order valence-corrected chi connectivity index (χ4v) is 2.18. The molecular weight excluding hydrogens is 304 g/mol. The van der Waals surface area contributed by atoms with Gasteiger partial charge < -0.3 is 11.1 Å². The van der Waals surface area contributed by atoms with Crippen LogP contribution in [0.4, 0.5) is 5.69 Å². The first-order valence-electron chi connectivity index (χ1n) is 5.95.